The van der Waals surface area contributed by atoms with Crippen molar-refractivity contribution in [3.05, 3.63) is 120 Å². The monoisotopic (exact) mass is 474 g/mol. The summed E-state index contributed by atoms with van der Waals surface area (Å²) in [6, 6.07) is 33.9. The molecule has 0 aliphatic heterocycles. The molecule has 4 aromatic carbocycles. The second-order valence-electron chi connectivity index (χ2n) is 9.47. The van der Waals surface area contributed by atoms with Gasteiger partial charge in [0.2, 0.25) is 0 Å². The fraction of sp³-hybridized carbons (Fsp3) is 0.206. The summed E-state index contributed by atoms with van der Waals surface area (Å²) in [6.07, 6.45) is 6.02. The minimum atomic E-state index is 0.468. The predicted molar refractivity (Wildman–Crippen MR) is 160 cm³/mol. The highest BCUT2D eigenvalue weighted by Crippen LogP contribution is 2.36. The van der Waals surface area contributed by atoms with E-state index < -0.39 is 0 Å². The van der Waals surface area contributed by atoms with Gasteiger partial charge in [0, 0.05) is 18.9 Å². The SMILES string of the molecule is CC(C)c1ccccc1N.CN=C/C=C/c1c(-c2ccccc2)cc(C(C)C)cc1-c1ccccc1. The molecule has 0 aliphatic carbocycles. The average molecular weight is 475 g/mol. The fourth-order valence-corrected chi connectivity index (χ4v) is 4.16. The van der Waals surface area contributed by atoms with Crippen LogP contribution in [0, 0.1) is 0 Å². The lowest BCUT2D eigenvalue weighted by atomic mass is 9.87. The van der Waals surface area contributed by atoms with Gasteiger partial charge in [0.25, 0.3) is 0 Å². The predicted octanol–water partition coefficient (Wildman–Crippen LogP) is 9.25. The van der Waals surface area contributed by atoms with E-state index in [0.717, 1.165) is 5.69 Å². The first-order valence-corrected chi connectivity index (χ1v) is 12.6. The number of nitrogens with two attached hydrogens (primary N) is 1. The Bertz CT molecular complexity index is 1220. The van der Waals surface area contributed by atoms with Crippen LogP contribution in [0.3, 0.4) is 0 Å². The van der Waals surface area contributed by atoms with Crippen LogP contribution in [0.4, 0.5) is 5.69 Å². The van der Waals surface area contributed by atoms with Gasteiger partial charge >= 0.3 is 0 Å². The number of para-hydroxylation sites is 1. The Kier molecular flexibility index (Phi) is 9.82. The topological polar surface area (TPSA) is 38.4 Å². The molecule has 0 aliphatic rings. The Balaban J connectivity index is 0.000000303. The van der Waals surface area contributed by atoms with Crippen LogP contribution in [-0.4, -0.2) is 13.3 Å². The number of aliphatic imine (C=N–C) groups is 1. The highest BCUT2D eigenvalue weighted by atomic mass is 14.6. The van der Waals surface area contributed by atoms with Gasteiger partial charge in [-0.3, -0.25) is 4.99 Å². The Morgan fingerprint density at radius 2 is 1.17 bits per heavy atom. The van der Waals surface area contributed by atoms with Crippen molar-refractivity contribution in [3.63, 3.8) is 0 Å². The van der Waals surface area contributed by atoms with E-state index in [1.54, 1.807) is 7.05 Å². The zero-order valence-corrected chi connectivity index (χ0v) is 22.1. The molecule has 0 amide bonds. The van der Waals surface area contributed by atoms with Gasteiger partial charge in [-0.05, 0) is 62.9 Å². The molecule has 0 saturated carbocycles. The molecule has 0 atom stereocenters. The van der Waals surface area contributed by atoms with Crippen LogP contribution in [-0.2, 0) is 0 Å². The van der Waals surface area contributed by atoms with Gasteiger partial charge in [-0.15, -0.1) is 0 Å². The number of nitrogen functional groups attached to an aromatic ring is 1. The molecule has 4 rings (SSSR count). The van der Waals surface area contributed by atoms with Gasteiger partial charge in [-0.1, -0.05) is 125 Å². The van der Waals surface area contributed by atoms with Gasteiger partial charge in [0.05, 0.1) is 0 Å². The Morgan fingerprint density at radius 1 is 0.667 bits per heavy atom. The number of allylic oxidation sites excluding steroid dienone is 1. The summed E-state index contributed by atoms with van der Waals surface area (Å²) in [6.45, 7) is 8.79. The number of rotatable bonds is 6. The lowest BCUT2D eigenvalue weighted by Crippen LogP contribution is -1.95. The van der Waals surface area contributed by atoms with Crippen molar-refractivity contribution in [3.8, 4) is 22.3 Å². The first-order chi connectivity index (χ1) is 17.4. The number of nitrogens with zero attached hydrogens (tertiary/aromatic N) is 1. The summed E-state index contributed by atoms with van der Waals surface area (Å²) >= 11 is 0. The van der Waals surface area contributed by atoms with E-state index >= 15 is 0 Å². The molecule has 0 saturated heterocycles. The summed E-state index contributed by atoms with van der Waals surface area (Å²) < 4.78 is 0. The number of benzene rings is 4. The highest BCUT2D eigenvalue weighted by Gasteiger charge is 2.13. The van der Waals surface area contributed by atoms with Crippen LogP contribution >= 0.6 is 0 Å². The lowest BCUT2D eigenvalue weighted by molar-refractivity contribution is 0.867. The second kappa shape index (κ2) is 13.3. The normalized spacial score (nSPS) is 11.3. The van der Waals surface area contributed by atoms with E-state index in [0.29, 0.717) is 11.8 Å². The van der Waals surface area contributed by atoms with E-state index in [4.69, 9.17) is 5.73 Å². The number of anilines is 1. The molecular weight excluding hydrogens is 436 g/mol. The largest absolute Gasteiger partial charge is 0.398 e. The van der Waals surface area contributed by atoms with Gasteiger partial charge < -0.3 is 5.73 Å². The Labute approximate surface area is 217 Å². The van der Waals surface area contributed by atoms with Gasteiger partial charge in [-0.2, -0.15) is 0 Å². The number of hydrogen-bond acceptors (Lipinski definition) is 2. The van der Waals surface area contributed by atoms with Crippen molar-refractivity contribution in [2.45, 2.75) is 39.5 Å². The first-order valence-electron chi connectivity index (χ1n) is 12.6. The zero-order chi connectivity index (χ0) is 25.9. The van der Waals surface area contributed by atoms with Crippen LogP contribution < -0.4 is 5.73 Å². The smallest absolute Gasteiger partial charge is 0.0349 e. The molecule has 2 nitrogen and oxygen atoms in total. The van der Waals surface area contributed by atoms with E-state index in [1.165, 1.54) is 38.9 Å². The minimum Gasteiger partial charge on any atom is -0.398 e. The fourth-order valence-electron chi connectivity index (χ4n) is 4.16. The molecule has 0 heterocycles. The Morgan fingerprint density at radius 3 is 1.58 bits per heavy atom. The van der Waals surface area contributed by atoms with E-state index in [2.05, 4.69) is 118 Å². The third-order valence-corrected chi connectivity index (χ3v) is 6.15. The molecule has 4 aromatic rings. The summed E-state index contributed by atoms with van der Waals surface area (Å²) in [7, 11) is 1.79. The van der Waals surface area contributed by atoms with E-state index in [1.807, 2.05) is 30.5 Å². The van der Waals surface area contributed by atoms with E-state index in [-0.39, 0.29) is 0 Å². The molecule has 36 heavy (non-hydrogen) atoms. The molecule has 0 bridgehead atoms. The lowest BCUT2D eigenvalue weighted by Gasteiger charge is -2.17. The summed E-state index contributed by atoms with van der Waals surface area (Å²) in [5, 5.41) is 0. The first kappa shape index (κ1) is 26.7. The van der Waals surface area contributed by atoms with Gasteiger partial charge in [-0.25, -0.2) is 0 Å². The molecule has 0 spiro atoms. The number of hydrogen-bond donors (Lipinski definition) is 1. The van der Waals surface area contributed by atoms with Crippen LogP contribution in [0.1, 0.15) is 56.2 Å². The highest BCUT2D eigenvalue weighted by molar-refractivity contribution is 5.90. The third-order valence-electron chi connectivity index (χ3n) is 6.15. The molecule has 0 unspecified atom stereocenters. The van der Waals surface area contributed by atoms with Crippen molar-refractivity contribution in [2.75, 3.05) is 12.8 Å². The van der Waals surface area contributed by atoms with Gasteiger partial charge in [0.1, 0.15) is 0 Å². The molecule has 2 heteroatoms. The van der Waals surface area contributed by atoms with Crippen LogP contribution in [0.15, 0.2) is 108 Å². The van der Waals surface area contributed by atoms with Crippen molar-refractivity contribution in [1.82, 2.24) is 0 Å². The maximum Gasteiger partial charge on any atom is 0.0349 e. The summed E-state index contributed by atoms with van der Waals surface area (Å²) in [4.78, 5) is 4.09. The van der Waals surface area contributed by atoms with Crippen LogP contribution in [0.2, 0.25) is 0 Å². The standard InChI is InChI=1S/C25H25N.C9H13N/c1-19(2)22-17-24(20-11-6-4-7-12-20)23(15-10-16-26-3)25(18-22)21-13-8-5-9-14-21;1-7(2)8-5-3-4-6-9(8)10/h4-19H,1-3H3;3-7H,10H2,1-2H3/b15-10+,26-16?;. The van der Waals surface area contributed by atoms with Crippen molar-refractivity contribution in [1.29, 1.82) is 0 Å². The van der Waals surface area contributed by atoms with Crippen molar-refractivity contribution in [2.24, 2.45) is 4.99 Å². The second-order valence-corrected chi connectivity index (χ2v) is 9.47. The zero-order valence-electron chi connectivity index (χ0n) is 22.1. The minimum absolute atomic E-state index is 0.468. The Hall–Kier alpha value is -3.91. The van der Waals surface area contributed by atoms with Crippen LogP contribution in [0.5, 0.6) is 0 Å². The average Bonchev–Trinajstić information content (AvgIpc) is 2.90. The van der Waals surface area contributed by atoms with Crippen molar-refractivity contribution >= 4 is 18.0 Å². The van der Waals surface area contributed by atoms with Crippen molar-refractivity contribution < 1.29 is 0 Å². The molecule has 0 aromatic heterocycles. The molecule has 0 fully saturated rings. The van der Waals surface area contributed by atoms with Gasteiger partial charge in [0.15, 0.2) is 0 Å². The molecule has 0 radical (unpaired) electrons. The molecule has 2 N–H and O–H groups in total. The quantitative estimate of drug-likeness (QED) is 0.219. The summed E-state index contributed by atoms with van der Waals surface area (Å²) in [5.74, 6) is 0.997. The third kappa shape index (κ3) is 7.05. The molecule has 184 valence electrons. The maximum absolute atomic E-state index is 5.72. The van der Waals surface area contributed by atoms with E-state index in [9.17, 15) is 0 Å². The van der Waals surface area contributed by atoms with Crippen LogP contribution in [0.25, 0.3) is 28.3 Å². The molecular formula is C34H38N2. The maximum atomic E-state index is 5.72. The summed E-state index contributed by atoms with van der Waals surface area (Å²) in [5.41, 5.74) is 15.4.